The Kier molecular flexibility index (Phi) is 4.41. The van der Waals surface area contributed by atoms with Crippen molar-refractivity contribution in [3.05, 3.63) is 24.0 Å². The molecule has 0 aromatic carbocycles. The van der Waals surface area contributed by atoms with Gasteiger partial charge in [-0.05, 0) is 25.1 Å². The molecule has 1 rings (SSSR count). The van der Waals surface area contributed by atoms with Gasteiger partial charge in [-0.3, -0.25) is 0 Å². The Morgan fingerprint density at radius 1 is 1.44 bits per heavy atom. The maximum absolute atomic E-state index is 12.0. The van der Waals surface area contributed by atoms with Crippen LogP contribution in [-0.4, -0.2) is 17.8 Å². The van der Waals surface area contributed by atoms with E-state index in [1.165, 1.54) is 0 Å². The number of hydrogen-bond acceptors (Lipinski definition) is 1. The van der Waals surface area contributed by atoms with Gasteiger partial charge < -0.3 is 9.88 Å². The summed E-state index contributed by atoms with van der Waals surface area (Å²) in [4.78, 5) is 0. The van der Waals surface area contributed by atoms with Crippen LogP contribution in [0.5, 0.6) is 0 Å². The maximum atomic E-state index is 12.0. The summed E-state index contributed by atoms with van der Waals surface area (Å²) in [7, 11) is 1.85. The zero-order valence-electron chi connectivity index (χ0n) is 9.51. The maximum Gasteiger partial charge on any atom is 0.390 e. The molecule has 0 amide bonds. The van der Waals surface area contributed by atoms with E-state index < -0.39 is 12.6 Å². The highest BCUT2D eigenvalue weighted by Gasteiger charge is 2.26. The minimum atomic E-state index is -4.09. The highest BCUT2D eigenvalue weighted by Crippen LogP contribution is 2.21. The standard InChI is InChI=1S/C11H17F3N2/c1-3-10(15-2)9-4-6-16(8-9)7-5-11(12,13)14/h4,6,8,10,15H,3,5,7H2,1-2H3. The number of nitrogens with zero attached hydrogens (tertiary/aromatic N) is 1. The van der Waals surface area contributed by atoms with E-state index in [1.54, 1.807) is 17.0 Å². The van der Waals surface area contributed by atoms with Crippen molar-refractivity contribution in [1.29, 1.82) is 0 Å². The number of rotatable bonds is 5. The van der Waals surface area contributed by atoms with E-state index in [4.69, 9.17) is 0 Å². The largest absolute Gasteiger partial charge is 0.390 e. The molecule has 2 nitrogen and oxygen atoms in total. The lowest BCUT2D eigenvalue weighted by atomic mass is 10.1. The predicted octanol–water partition coefficient (Wildman–Crippen LogP) is 3.11. The zero-order valence-corrected chi connectivity index (χ0v) is 9.51. The number of halogens is 3. The predicted molar refractivity (Wildman–Crippen MR) is 57.2 cm³/mol. The third-order valence-corrected chi connectivity index (χ3v) is 2.59. The van der Waals surface area contributed by atoms with Crippen LogP contribution in [0, 0.1) is 0 Å². The van der Waals surface area contributed by atoms with E-state index in [0.29, 0.717) is 0 Å². The molecule has 0 aliphatic heterocycles. The van der Waals surface area contributed by atoms with E-state index in [1.807, 2.05) is 20.0 Å². The molecule has 0 radical (unpaired) electrons. The summed E-state index contributed by atoms with van der Waals surface area (Å²) in [5.74, 6) is 0. The van der Waals surface area contributed by atoms with E-state index in [2.05, 4.69) is 5.32 Å². The van der Waals surface area contributed by atoms with Crippen molar-refractivity contribution in [2.45, 2.75) is 38.5 Å². The molecule has 1 aromatic rings. The molecule has 5 heteroatoms. The first-order chi connectivity index (χ1) is 7.46. The van der Waals surface area contributed by atoms with Crippen LogP contribution in [-0.2, 0) is 6.54 Å². The van der Waals surface area contributed by atoms with Crippen LogP contribution in [0.2, 0.25) is 0 Å². The van der Waals surface area contributed by atoms with Crippen LogP contribution in [0.3, 0.4) is 0 Å². The molecule has 1 N–H and O–H groups in total. The van der Waals surface area contributed by atoms with Gasteiger partial charge in [0.05, 0.1) is 6.42 Å². The lowest BCUT2D eigenvalue weighted by Crippen LogP contribution is -2.15. The van der Waals surface area contributed by atoms with Crippen molar-refractivity contribution < 1.29 is 13.2 Å². The van der Waals surface area contributed by atoms with Crippen LogP contribution < -0.4 is 5.32 Å². The molecule has 0 spiro atoms. The van der Waals surface area contributed by atoms with Gasteiger partial charge in [-0.2, -0.15) is 13.2 Å². The van der Waals surface area contributed by atoms with Gasteiger partial charge in [-0.1, -0.05) is 6.92 Å². The van der Waals surface area contributed by atoms with Crippen LogP contribution >= 0.6 is 0 Å². The van der Waals surface area contributed by atoms with Crippen LogP contribution in [0.4, 0.5) is 13.2 Å². The summed E-state index contributed by atoms with van der Waals surface area (Å²) >= 11 is 0. The Labute approximate surface area is 93.5 Å². The zero-order chi connectivity index (χ0) is 12.2. The van der Waals surface area contributed by atoms with Crippen LogP contribution in [0.1, 0.15) is 31.4 Å². The van der Waals surface area contributed by atoms with Gasteiger partial charge in [0.15, 0.2) is 0 Å². The fraction of sp³-hybridized carbons (Fsp3) is 0.636. The van der Waals surface area contributed by atoms with E-state index >= 15 is 0 Å². The summed E-state index contributed by atoms with van der Waals surface area (Å²) in [6, 6.07) is 2.08. The fourth-order valence-corrected chi connectivity index (χ4v) is 1.67. The van der Waals surface area contributed by atoms with Crippen molar-refractivity contribution in [3.8, 4) is 0 Å². The number of aromatic nitrogens is 1. The first-order valence-corrected chi connectivity index (χ1v) is 5.36. The van der Waals surface area contributed by atoms with Gasteiger partial charge in [0.2, 0.25) is 0 Å². The molecular weight excluding hydrogens is 217 g/mol. The Bertz CT molecular complexity index is 313. The van der Waals surface area contributed by atoms with Crippen molar-refractivity contribution >= 4 is 0 Å². The smallest absolute Gasteiger partial charge is 0.354 e. The Balaban J connectivity index is 2.58. The second-order valence-corrected chi connectivity index (χ2v) is 3.80. The molecule has 1 aromatic heterocycles. The van der Waals surface area contributed by atoms with Crippen molar-refractivity contribution in [3.63, 3.8) is 0 Å². The molecule has 92 valence electrons. The number of hydrogen-bond donors (Lipinski definition) is 1. The van der Waals surface area contributed by atoms with E-state index in [0.717, 1.165) is 12.0 Å². The first-order valence-electron chi connectivity index (χ1n) is 5.36. The van der Waals surface area contributed by atoms with Crippen molar-refractivity contribution in [1.82, 2.24) is 9.88 Å². The average molecular weight is 234 g/mol. The molecule has 1 heterocycles. The molecule has 0 saturated carbocycles. The molecule has 0 aliphatic rings. The van der Waals surface area contributed by atoms with E-state index in [-0.39, 0.29) is 12.6 Å². The highest BCUT2D eigenvalue weighted by molar-refractivity contribution is 5.15. The van der Waals surface area contributed by atoms with E-state index in [9.17, 15) is 13.2 Å². The first kappa shape index (κ1) is 13.1. The minimum absolute atomic E-state index is 0.0103. The summed E-state index contributed by atoms with van der Waals surface area (Å²) < 4.78 is 37.6. The quantitative estimate of drug-likeness (QED) is 0.828. The normalized spacial score (nSPS) is 14.1. The van der Waals surface area contributed by atoms with Crippen LogP contribution in [0.15, 0.2) is 18.5 Å². The molecule has 0 bridgehead atoms. The summed E-state index contributed by atoms with van der Waals surface area (Å²) in [5.41, 5.74) is 1.03. The topological polar surface area (TPSA) is 17.0 Å². The Hall–Kier alpha value is -0.970. The molecule has 0 aliphatic carbocycles. The molecule has 1 unspecified atom stereocenters. The van der Waals surface area contributed by atoms with Gasteiger partial charge in [0, 0.05) is 25.0 Å². The van der Waals surface area contributed by atoms with Crippen molar-refractivity contribution in [2.75, 3.05) is 7.05 Å². The number of alkyl halides is 3. The van der Waals surface area contributed by atoms with Gasteiger partial charge >= 0.3 is 6.18 Å². The molecule has 1 atom stereocenters. The second-order valence-electron chi connectivity index (χ2n) is 3.80. The molecule has 0 saturated heterocycles. The van der Waals surface area contributed by atoms with Gasteiger partial charge in [0.25, 0.3) is 0 Å². The number of nitrogens with one attached hydrogen (secondary N) is 1. The van der Waals surface area contributed by atoms with Gasteiger partial charge in [0.1, 0.15) is 0 Å². The third-order valence-electron chi connectivity index (χ3n) is 2.59. The lowest BCUT2D eigenvalue weighted by molar-refractivity contribution is -0.136. The van der Waals surface area contributed by atoms with Crippen molar-refractivity contribution in [2.24, 2.45) is 0 Å². The van der Waals surface area contributed by atoms with Gasteiger partial charge in [-0.25, -0.2) is 0 Å². The second kappa shape index (κ2) is 5.39. The highest BCUT2D eigenvalue weighted by atomic mass is 19.4. The Morgan fingerprint density at radius 2 is 2.12 bits per heavy atom. The summed E-state index contributed by atoms with van der Waals surface area (Å²) in [6.07, 6.45) is -0.480. The van der Waals surface area contributed by atoms with Crippen LogP contribution in [0.25, 0.3) is 0 Å². The monoisotopic (exact) mass is 234 g/mol. The fourth-order valence-electron chi connectivity index (χ4n) is 1.67. The van der Waals surface area contributed by atoms with Gasteiger partial charge in [-0.15, -0.1) is 0 Å². The SMILES string of the molecule is CCC(NC)c1ccn(CCC(F)(F)F)c1. The third kappa shape index (κ3) is 3.89. The molecule has 0 fully saturated rings. The molecule has 16 heavy (non-hydrogen) atoms. The summed E-state index contributed by atoms with van der Waals surface area (Å²) in [5, 5.41) is 3.12. The average Bonchev–Trinajstić information content (AvgIpc) is 2.65. The summed E-state index contributed by atoms with van der Waals surface area (Å²) in [6.45, 7) is 2.03. The Morgan fingerprint density at radius 3 is 2.62 bits per heavy atom. The number of aryl methyl sites for hydroxylation is 1. The minimum Gasteiger partial charge on any atom is -0.354 e. The lowest BCUT2D eigenvalue weighted by Gasteiger charge is -2.11. The molecular formula is C11H17F3N2.